The van der Waals surface area contributed by atoms with Crippen LogP contribution in [0.3, 0.4) is 0 Å². The molecule has 1 fully saturated rings. The Kier molecular flexibility index (Phi) is 7.24. The molecule has 0 radical (unpaired) electrons. The summed E-state index contributed by atoms with van der Waals surface area (Å²) in [7, 11) is 0. The zero-order valence-corrected chi connectivity index (χ0v) is 17.9. The summed E-state index contributed by atoms with van der Waals surface area (Å²) >= 11 is 0. The summed E-state index contributed by atoms with van der Waals surface area (Å²) in [6, 6.07) is 15.5. The van der Waals surface area contributed by atoms with Gasteiger partial charge in [0.2, 0.25) is 11.8 Å². The Morgan fingerprint density at radius 1 is 1.03 bits per heavy atom. The Morgan fingerprint density at radius 3 is 2.62 bits per heavy atom. The fourth-order valence-electron chi connectivity index (χ4n) is 3.73. The largest absolute Gasteiger partial charge is 0.370 e. The van der Waals surface area contributed by atoms with Gasteiger partial charge in [-0.25, -0.2) is 0 Å². The lowest BCUT2D eigenvalue weighted by Crippen LogP contribution is -2.40. The van der Waals surface area contributed by atoms with Gasteiger partial charge in [0.1, 0.15) is 0 Å². The van der Waals surface area contributed by atoms with Crippen molar-refractivity contribution in [1.29, 1.82) is 0 Å². The molecule has 8 nitrogen and oxygen atoms in total. The van der Waals surface area contributed by atoms with Crippen LogP contribution in [-0.2, 0) is 34.0 Å². The van der Waals surface area contributed by atoms with Crippen LogP contribution in [-0.4, -0.2) is 62.1 Å². The van der Waals surface area contributed by atoms with Crippen LogP contribution in [0.15, 0.2) is 73.3 Å². The first kappa shape index (κ1) is 21.7. The lowest BCUT2D eigenvalue weighted by molar-refractivity contribution is -0.139. The Balaban J connectivity index is 1.45. The third kappa shape index (κ3) is 6.01. The normalized spacial score (nSPS) is 16.8. The zero-order chi connectivity index (χ0) is 22.2. The highest BCUT2D eigenvalue weighted by Crippen LogP contribution is 2.15. The number of aryl methyl sites for hydroxylation is 1. The van der Waals surface area contributed by atoms with Crippen LogP contribution in [0.25, 0.3) is 0 Å². The van der Waals surface area contributed by atoms with E-state index < -0.39 is 0 Å². The topological polar surface area (TPSA) is 80.6 Å². The quantitative estimate of drug-likeness (QED) is 0.544. The molecule has 1 saturated heterocycles. The van der Waals surface area contributed by atoms with Crippen molar-refractivity contribution in [3.63, 3.8) is 0 Å². The highest BCUT2D eigenvalue weighted by atomic mass is 16.5. The first-order valence-corrected chi connectivity index (χ1v) is 10.7. The number of pyridine rings is 1. The molecule has 4 rings (SSSR count). The van der Waals surface area contributed by atoms with Crippen LogP contribution in [0.2, 0.25) is 0 Å². The number of benzene rings is 1. The van der Waals surface area contributed by atoms with Crippen molar-refractivity contribution < 1.29 is 14.3 Å². The number of amides is 2. The molecule has 2 amide bonds. The SMILES string of the molecule is O=C(CCn1cccn1)N1CC(=O)N(Cc2ccccc2)CC(OCc2cccnc2)C1. The molecule has 0 spiro atoms. The van der Waals surface area contributed by atoms with Gasteiger partial charge in [-0.1, -0.05) is 36.4 Å². The minimum absolute atomic E-state index is 0.0531. The number of aromatic nitrogens is 3. The van der Waals surface area contributed by atoms with E-state index in [4.69, 9.17) is 4.74 Å². The number of nitrogens with zero attached hydrogens (tertiary/aromatic N) is 5. The standard InChI is InChI=1S/C24H27N5O3/c30-23(9-13-29-12-5-11-26-29)28-17-22(32-19-21-8-4-10-25-14-21)16-27(24(31)18-28)15-20-6-2-1-3-7-20/h1-8,10-12,14,22H,9,13,15-19H2. The molecule has 1 unspecified atom stereocenters. The molecule has 1 aromatic carbocycles. The van der Waals surface area contributed by atoms with E-state index in [1.165, 1.54) is 0 Å². The van der Waals surface area contributed by atoms with E-state index in [1.54, 1.807) is 33.1 Å². The van der Waals surface area contributed by atoms with Gasteiger partial charge in [0.15, 0.2) is 0 Å². The number of ether oxygens (including phenoxy) is 1. The van der Waals surface area contributed by atoms with Crippen molar-refractivity contribution in [2.75, 3.05) is 19.6 Å². The smallest absolute Gasteiger partial charge is 0.242 e. The molecule has 1 aliphatic heterocycles. The first-order valence-electron chi connectivity index (χ1n) is 10.7. The number of rotatable bonds is 8. The second-order valence-corrected chi connectivity index (χ2v) is 7.85. The maximum absolute atomic E-state index is 13.0. The number of carbonyl (C=O) groups is 2. The van der Waals surface area contributed by atoms with E-state index in [1.807, 2.05) is 54.7 Å². The first-order chi connectivity index (χ1) is 15.7. The average Bonchev–Trinajstić information content (AvgIpc) is 3.29. The fourth-order valence-corrected chi connectivity index (χ4v) is 3.73. The van der Waals surface area contributed by atoms with Gasteiger partial charge in [0.25, 0.3) is 0 Å². The van der Waals surface area contributed by atoms with Gasteiger partial charge in [-0.05, 0) is 23.3 Å². The molecule has 1 aliphatic rings. The van der Waals surface area contributed by atoms with Crippen molar-refractivity contribution in [3.8, 4) is 0 Å². The summed E-state index contributed by atoms with van der Waals surface area (Å²) in [4.78, 5) is 33.5. The molecule has 2 aromatic heterocycles. The third-order valence-electron chi connectivity index (χ3n) is 5.42. The average molecular weight is 434 g/mol. The Labute approximate surface area is 187 Å². The lowest BCUT2D eigenvalue weighted by Gasteiger charge is -2.25. The highest BCUT2D eigenvalue weighted by molar-refractivity contribution is 5.85. The Bertz CT molecular complexity index is 995. The van der Waals surface area contributed by atoms with Gasteiger partial charge in [-0.2, -0.15) is 5.10 Å². The van der Waals surface area contributed by atoms with Crippen LogP contribution in [0.5, 0.6) is 0 Å². The summed E-state index contributed by atoms with van der Waals surface area (Å²) < 4.78 is 7.87. The monoisotopic (exact) mass is 433 g/mol. The molecule has 0 N–H and O–H groups in total. The predicted molar refractivity (Wildman–Crippen MR) is 118 cm³/mol. The molecule has 3 heterocycles. The molecule has 32 heavy (non-hydrogen) atoms. The molecule has 3 aromatic rings. The van der Waals surface area contributed by atoms with E-state index in [0.29, 0.717) is 32.8 Å². The zero-order valence-electron chi connectivity index (χ0n) is 17.9. The van der Waals surface area contributed by atoms with Crippen molar-refractivity contribution in [2.24, 2.45) is 0 Å². The van der Waals surface area contributed by atoms with Crippen molar-refractivity contribution in [2.45, 2.75) is 32.2 Å². The van der Waals surface area contributed by atoms with Gasteiger partial charge in [-0.3, -0.25) is 19.3 Å². The summed E-state index contributed by atoms with van der Waals surface area (Å²) in [6.45, 7) is 2.19. The van der Waals surface area contributed by atoms with Gasteiger partial charge in [-0.15, -0.1) is 0 Å². The second-order valence-electron chi connectivity index (χ2n) is 7.85. The van der Waals surface area contributed by atoms with E-state index in [2.05, 4.69) is 10.1 Å². The maximum atomic E-state index is 13.0. The number of hydrogen-bond acceptors (Lipinski definition) is 5. The van der Waals surface area contributed by atoms with Gasteiger partial charge < -0.3 is 14.5 Å². The molecule has 0 bridgehead atoms. The van der Waals surface area contributed by atoms with Gasteiger partial charge in [0, 0.05) is 57.4 Å². The maximum Gasteiger partial charge on any atom is 0.242 e. The predicted octanol–water partition coefficient (Wildman–Crippen LogP) is 2.12. The second kappa shape index (κ2) is 10.7. The number of carbonyl (C=O) groups excluding carboxylic acids is 2. The summed E-state index contributed by atoms with van der Waals surface area (Å²) in [5, 5.41) is 4.14. The van der Waals surface area contributed by atoms with Crippen molar-refractivity contribution in [1.82, 2.24) is 24.6 Å². The van der Waals surface area contributed by atoms with Crippen molar-refractivity contribution in [3.05, 3.63) is 84.4 Å². The van der Waals surface area contributed by atoms with Crippen LogP contribution < -0.4 is 0 Å². The van der Waals surface area contributed by atoms with E-state index in [0.717, 1.165) is 11.1 Å². The van der Waals surface area contributed by atoms with Gasteiger partial charge >= 0.3 is 0 Å². The third-order valence-corrected chi connectivity index (χ3v) is 5.42. The van der Waals surface area contributed by atoms with E-state index in [-0.39, 0.29) is 30.9 Å². The molecule has 1 atom stereocenters. The van der Waals surface area contributed by atoms with E-state index in [9.17, 15) is 9.59 Å². The minimum Gasteiger partial charge on any atom is -0.370 e. The van der Waals surface area contributed by atoms with Crippen LogP contribution in [0, 0.1) is 0 Å². The molecule has 0 saturated carbocycles. The molecule has 166 valence electrons. The minimum atomic E-state index is -0.293. The summed E-state index contributed by atoms with van der Waals surface area (Å²) in [5.74, 6) is -0.154. The lowest BCUT2D eigenvalue weighted by atomic mass is 10.2. The fraction of sp³-hybridized carbons (Fsp3) is 0.333. The van der Waals surface area contributed by atoms with Crippen LogP contribution in [0.4, 0.5) is 0 Å². The molecular formula is C24H27N5O3. The van der Waals surface area contributed by atoms with Gasteiger partial charge in [0.05, 0.1) is 19.3 Å². The Morgan fingerprint density at radius 2 is 1.88 bits per heavy atom. The Hall–Kier alpha value is -3.52. The highest BCUT2D eigenvalue weighted by Gasteiger charge is 2.30. The van der Waals surface area contributed by atoms with Crippen LogP contribution >= 0.6 is 0 Å². The summed E-state index contributed by atoms with van der Waals surface area (Å²) in [5.41, 5.74) is 2.00. The summed E-state index contributed by atoms with van der Waals surface area (Å²) in [6.07, 6.45) is 6.97. The van der Waals surface area contributed by atoms with E-state index >= 15 is 0 Å². The molecular weight excluding hydrogens is 406 g/mol. The molecule has 8 heteroatoms. The molecule has 0 aliphatic carbocycles. The van der Waals surface area contributed by atoms with Crippen molar-refractivity contribution >= 4 is 11.8 Å². The van der Waals surface area contributed by atoms with Crippen LogP contribution in [0.1, 0.15) is 17.5 Å². The number of hydrogen-bond donors (Lipinski definition) is 0.